The third-order valence-electron chi connectivity index (χ3n) is 4.36. The Morgan fingerprint density at radius 3 is 2.41 bits per heavy atom. The molecule has 170 valence electrons. The molecule has 0 aliphatic carbocycles. The van der Waals surface area contributed by atoms with Gasteiger partial charge in [0.1, 0.15) is 6.04 Å². The number of fused-ring (bicyclic) bond motifs is 1. The first-order valence-electron chi connectivity index (χ1n) is 9.33. The van der Waals surface area contributed by atoms with Gasteiger partial charge in [-0.1, -0.05) is 0 Å². The Bertz CT molecular complexity index is 1250. The van der Waals surface area contributed by atoms with Crippen LogP contribution in [-0.4, -0.2) is 54.0 Å². The predicted octanol–water partition coefficient (Wildman–Crippen LogP) is -5.81. The molecule has 3 aromatic rings. The summed E-state index contributed by atoms with van der Waals surface area (Å²) in [5.74, 6) is -3.16. The Balaban J connectivity index is 0. The first-order valence-corrected chi connectivity index (χ1v) is 9.33. The zero-order valence-electron chi connectivity index (χ0n) is 20.5. The number of carbonyl (C=O) groups excluding carboxylic acids is 1. The summed E-state index contributed by atoms with van der Waals surface area (Å²) in [6, 6.07) is 4.86. The number of hydrogen-bond acceptors (Lipinski definition) is 9. The Morgan fingerprint density at radius 1 is 1.12 bits per heavy atom. The molecule has 0 aliphatic rings. The number of rotatable bonds is 9. The normalized spacial score (nSPS) is 10.9. The molecule has 2 heterocycles. The third kappa shape index (κ3) is 8.74. The Morgan fingerprint density at radius 2 is 1.79 bits per heavy atom. The number of nitrogens with two attached hydrogens (primary N) is 1. The summed E-state index contributed by atoms with van der Waals surface area (Å²) in [7, 11) is 0. The molecule has 0 saturated heterocycles. The second-order valence-electron chi connectivity index (χ2n) is 6.71. The van der Waals surface area contributed by atoms with Crippen molar-refractivity contribution in [1.82, 2.24) is 25.3 Å². The second-order valence-corrected chi connectivity index (χ2v) is 6.71. The van der Waals surface area contributed by atoms with Crippen molar-refractivity contribution in [2.24, 2.45) is 0 Å². The number of nitrogens with one attached hydrogen (secondary N) is 3. The number of nitrogen functional groups attached to an aromatic ring is 1. The van der Waals surface area contributed by atoms with Crippen molar-refractivity contribution >= 4 is 40.6 Å². The quantitative estimate of drug-likeness (QED) is 0.146. The second kappa shape index (κ2) is 14.3. The van der Waals surface area contributed by atoms with Crippen LogP contribution in [0.1, 0.15) is 31.7 Å². The molecule has 0 radical (unpaired) electrons. The molecule has 0 bridgehead atoms. The molecule has 13 nitrogen and oxygen atoms in total. The number of aliphatic carboxylic acids is 2. The van der Waals surface area contributed by atoms with Crippen molar-refractivity contribution in [3.05, 3.63) is 52.1 Å². The number of carboxylic acids is 2. The average Bonchev–Trinajstić information content (AvgIpc) is 2.75. The molecule has 0 aliphatic heterocycles. The minimum absolute atomic E-state index is 0. The predicted molar refractivity (Wildman–Crippen MR) is 114 cm³/mol. The zero-order valence-corrected chi connectivity index (χ0v) is 24.8. The molecule has 0 spiro atoms. The van der Waals surface area contributed by atoms with Crippen molar-refractivity contribution in [2.75, 3.05) is 11.1 Å². The van der Waals surface area contributed by atoms with Gasteiger partial charge in [-0.25, -0.2) is 14.8 Å². The van der Waals surface area contributed by atoms with Crippen molar-refractivity contribution in [2.45, 2.75) is 25.4 Å². The van der Waals surface area contributed by atoms with E-state index in [9.17, 15) is 19.2 Å². The van der Waals surface area contributed by atoms with Gasteiger partial charge < -0.3 is 29.4 Å². The fourth-order valence-corrected chi connectivity index (χ4v) is 2.75. The fourth-order valence-electron chi connectivity index (χ4n) is 2.75. The van der Waals surface area contributed by atoms with Gasteiger partial charge in [-0.05, 0) is 30.7 Å². The number of benzene rings is 1. The Labute approximate surface area is 280 Å². The SMILES string of the molecule is Nc1nc2ncc(CNc3ccc(C(=O)N[C@@H](CCC(=O)O)C(=O)O)cc3)nc2c(=O)[nH]1.[H-].[H-].[K+].[K+]. The maximum atomic E-state index is 12.3. The van der Waals surface area contributed by atoms with Gasteiger partial charge in [0.25, 0.3) is 11.5 Å². The maximum absolute atomic E-state index is 12.3. The summed E-state index contributed by atoms with van der Waals surface area (Å²) in [6.45, 7) is 0.231. The van der Waals surface area contributed by atoms with Crippen molar-refractivity contribution < 1.29 is 130 Å². The molecule has 7 N–H and O–H groups in total. The molecule has 0 unspecified atom stereocenters. The number of carboxylic acid groups (broad SMARTS) is 2. The van der Waals surface area contributed by atoms with E-state index < -0.39 is 29.4 Å². The van der Waals surface area contributed by atoms with Crippen LogP contribution in [0.3, 0.4) is 0 Å². The van der Waals surface area contributed by atoms with Crippen LogP contribution in [0.4, 0.5) is 11.6 Å². The van der Waals surface area contributed by atoms with E-state index in [1.165, 1.54) is 18.3 Å². The Hall–Kier alpha value is -1.28. The molecule has 3 rings (SSSR count). The van der Waals surface area contributed by atoms with Crippen LogP contribution in [0, 0.1) is 0 Å². The van der Waals surface area contributed by atoms with Crippen molar-refractivity contribution in [3.63, 3.8) is 0 Å². The van der Waals surface area contributed by atoms with Crippen LogP contribution >= 0.6 is 0 Å². The van der Waals surface area contributed by atoms with E-state index in [2.05, 4.69) is 30.6 Å². The van der Waals surface area contributed by atoms with Gasteiger partial charge in [0.05, 0.1) is 18.4 Å². The summed E-state index contributed by atoms with van der Waals surface area (Å²) in [5.41, 5.74) is 6.47. The largest absolute Gasteiger partial charge is 1.00 e. The minimum atomic E-state index is -1.31. The summed E-state index contributed by atoms with van der Waals surface area (Å²) in [6.07, 6.45) is 0.840. The number of nitrogens with zero attached hydrogens (tertiary/aromatic N) is 3. The molecule has 1 amide bonds. The van der Waals surface area contributed by atoms with Crippen LogP contribution in [0.25, 0.3) is 11.2 Å². The zero-order chi connectivity index (χ0) is 23.3. The molecule has 15 heteroatoms. The first kappa shape index (κ1) is 30.8. The van der Waals surface area contributed by atoms with E-state index in [1.807, 2.05) is 0 Å². The molecular formula is C19H21K2N7O6. The molecule has 2 aromatic heterocycles. The van der Waals surface area contributed by atoms with Crippen LogP contribution in [0.2, 0.25) is 0 Å². The molecule has 1 aromatic carbocycles. The summed E-state index contributed by atoms with van der Waals surface area (Å²) < 4.78 is 0. The fraction of sp³-hybridized carbons (Fsp3) is 0.211. The number of aromatic amines is 1. The summed E-state index contributed by atoms with van der Waals surface area (Å²) >= 11 is 0. The number of amides is 1. The van der Waals surface area contributed by atoms with Crippen molar-refractivity contribution in [3.8, 4) is 0 Å². The van der Waals surface area contributed by atoms with Gasteiger partial charge >= 0.3 is 115 Å². The molecule has 34 heavy (non-hydrogen) atoms. The Kier molecular flexibility index (Phi) is 13.0. The number of carbonyl (C=O) groups is 3. The van der Waals surface area contributed by atoms with Gasteiger partial charge in [-0.15, -0.1) is 0 Å². The van der Waals surface area contributed by atoms with E-state index in [4.69, 9.17) is 15.9 Å². The van der Waals surface area contributed by atoms with Gasteiger partial charge in [0.15, 0.2) is 11.2 Å². The van der Waals surface area contributed by atoms with Crippen LogP contribution in [-0.2, 0) is 16.1 Å². The molecule has 0 fully saturated rings. The average molecular weight is 522 g/mol. The number of anilines is 2. The molecule has 1 atom stereocenters. The van der Waals surface area contributed by atoms with E-state index in [0.29, 0.717) is 11.4 Å². The van der Waals surface area contributed by atoms with Crippen LogP contribution in [0.5, 0.6) is 0 Å². The minimum Gasteiger partial charge on any atom is -1.00 e. The maximum Gasteiger partial charge on any atom is 1.00 e. The number of H-pyrrole nitrogens is 1. The molecule has 0 saturated carbocycles. The van der Waals surface area contributed by atoms with Crippen LogP contribution in [0.15, 0.2) is 35.3 Å². The van der Waals surface area contributed by atoms with Gasteiger partial charge in [0, 0.05) is 17.7 Å². The van der Waals surface area contributed by atoms with E-state index in [-0.39, 0.29) is 148 Å². The standard InChI is InChI=1S/C19H19N7O6.2K.2H/c20-19-25-15-14(17(30)26-19)23-11(8-22-15)7-21-10-3-1-9(2-4-10)16(29)24-12(18(31)32)5-6-13(27)28;;;;/h1-4,8,12,21H,5-7H2,(H,24,29)(H,27,28)(H,31,32)(H3,20,22,25,26,30);;;;/q;2*+1;2*-1/t12-;;;;/m0..../s1. The topological polar surface area (TPSA) is 213 Å². The van der Waals surface area contributed by atoms with Crippen molar-refractivity contribution in [1.29, 1.82) is 0 Å². The number of aromatic nitrogens is 4. The number of hydrogen-bond donors (Lipinski definition) is 6. The van der Waals surface area contributed by atoms with Gasteiger partial charge in [0.2, 0.25) is 5.95 Å². The summed E-state index contributed by atoms with van der Waals surface area (Å²) in [4.78, 5) is 60.6. The van der Waals surface area contributed by atoms with Crippen LogP contribution < -0.4 is 125 Å². The molecular weight excluding hydrogens is 500 g/mol. The van der Waals surface area contributed by atoms with E-state index >= 15 is 0 Å². The third-order valence-corrected chi connectivity index (χ3v) is 4.36. The summed E-state index contributed by atoms with van der Waals surface area (Å²) in [5, 5.41) is 23.2. The first-order chi connectivity index (χ1) is 15.2. The van der Waals surface area contributed by atoms with Gasteiger partial charge in [-0.3, -0.25) is 19.4 Å². The monoisotopic (exact) mass is 521 g/mol. The van der Waals surface area contributed by atoms with E-state index in [1.54, 1.807) is 12.1 Å². The smallest absolute Gasteiger partial charge is 1.00 e. The van der Waals surface area contributed by atoms with E-state index in [0.717, 1.165) is 0 Å². The van der Waals surface area contributed by atoms with Gasteiger partial charge in [-0.2, -0.15) is 4.98 Å².